The first-order valence-electron chi connectivity index (χ1n) is 9.98. The van der Waals surface area contributed by atoms with Gasteiger partial charge in [-0.15, -0.1) is 0 Å². The number of fused-ring (bicyclic) bond motifs is 2. The molecule has 0 spiro atoms. The summed E-state index contributed by atoms with van der Waals surface area (Å²) in [4.78, 5) is 39.3. The van der Waals surface area contributed by atoms with Crippen molar-refractivity contribution in [1.29, 1.82) is 0 Å². The van der Waals surface area contributed by atoms with Gasteiger partial charge in [0.25, 0.3) is 17.7 Å². The van der Waals surface area contributed by atoms with Crippen LogP contribution in [0.2, 0.25) is 0 Å². The molecule has 0 aromatic heterocycles. The van der Waals surface area contributed by atoms with Crippen molar-refractivity contribution >= 4 is 17.7 Å². The molecule has 0 saturated carbocycles. The van der Waals surface area contributed by atoms with E-state index in [1.807, 2.05) is 12.1 Å². The van der Waals surface area contributed by atoms with E-state index in [4.69, 9.17) is 4.74 Å². The van der Waals surface area contributed by atoms with E-state index in [0.717, 1.165) is 24.8 Å². The van der Waals surface area contributed by atoms with Gasteiger partial charge in [-0.05, 0) is 55.0 Å². The largest absolute Gasteiger partial charge is 0.385 e. The molecule has 6 nitrogen and oxygen atoms in total. The van der Waals surface area contributed by atoms with E-state index in [9.17, 15) is 14.4 Å². The van der Waals surface area contributed by atoms with Gasteiger partial charge in [-0.25, -0.2) is 0 Å². The number of rotatable bonds is 6. The lowest BCUT2D eigenvalue weighted by molar-refractivity contribution is 0.0638. The second-order valence-electron chi connectivity index (χ2n) is 7.49. The summed E-state index contributed by atoms with van der Waals surface area (Å²) in [6.07, 6.45) is 3.52. The highest BCUT2D eigenvalue weighted by Crippen LogP contribution is 2.30. The van der Waals surface area contributed by atoms with Gasteiger partial charge in [0.2, 0.25) is 0 Å². The number of nitrogens with zero attached hydrogens (tertiary/aromatic N) is 1. The monoisotopic (exact) mass is 392 g/mol. The Kier molecular flexibility index (Phi) is 5.45. The van der Waals surface area contributed by atoms with E-state index in [0.29, 0.717) is 36.3 Å². The van der Waals surface area contributed by atoms with E-state index in [2.05, 4.69) is 17.4 Å². The Hall–Kier alpha value is -2.99. The molecule has 2 aliphatic rings. The van der Waals surface area contributed by atoms with Gasteiger partial charge >= 0.3 is 0 Å². The summed E-state index contributed by atoms with van der Waals surface area (Å²) in [5.74, 6) is -0.888. The maximum absolute atomic E-state index is 12.9. The van der Waals surface area contributed by atoms with E-state index >= 15 is 0 Å². The minimum Gasteiger partial charge on any atom is -0.385 e. The Morgan fingerprint density at radius 2 is 1.93 bits per heavy atom. The molecule has 1 aliphatic carbocycles. The first-order chi connectivity index (χ1) is 14.1. The minimum atomic E-state index is -0.348. The maximum Gasteiger partial charge on any atom is 0.261 e. The molecular weight excluding hydrogens is 368 g/mol. The molecule has 0 bridgehead atoms. The smallest absolute Gasteiger partial charge is 0.261 e. The second kappa shape index (κ2) is 8.17. The number of aryl methyl sites for hydroxylation is 1. The van der Waals surface area contributed by atoms with Gasteiger partial charge in [0, 0.05) is 25.8 Å². The number of imide groups is 1. The van der Waals surface area contributed by atoms with Crippen LogP contribution >= 0.6 is 0 Å². The molecule has 1 aliphatic heterocycles. The average Bonchev–Trinajstić information content (AvgIpc) is 2.98. The van der Waals surface area contributed by atoms with Crippen molar-refractivity contribution in [2.45, 2.75) is 31.7 Å². The minimum absolute atomic E-state index is 0.0384. The molecule has 0 saturated heterocycles. The number of ether oxygens (including phenoxy) is 1. The predicted octanol–water partition coefficient (Wildman–Crippen LogP) is 3.13. The van der Waals surface area contributed by atoms with Gasteiger partial charge in [-0.1, -0.05) is 24.3 Å². The van der Waals surface area contributed by atoms with Crippen LogP contribution in [-0.2, 0) is 11.2 Å². The van der Waals surface area contributed by atoms with Gasteiger partial charge in [0.1, 0.15) is 0 Å². The summed E-state index contributed by atoms with van der Waals surface area (Å²) in [5.41, 5.74) is 3.47. The van der Waals surface area contributed by atoms with Crippen molar-refractivity contribution in [3.63, 3.8) is 0 Å². The number of hydrogen-bond acceptors (Lipinski definition) is 4. The summed E-state index contributed by atoms with van der Waals surface area (Å²) < 4.78 is 4.99. The molecule has 1 unspecified atom stereocenters. The number of benzene rings is 2. The molecule has 1 heterocycles. The molecule has 150 valence electrons. The highest BCUT2D eigenvalue weighted by molar-refractivity contribution is 6.22. The lowest BCUT2D eigenvalue weighted by atomic mass is 9.87. The fourth-order valence-electron chi connectivity index (χ4n) is 4.15. The summed E-state index contributed by atoms with van der Waals surface area (Å²) in [7, 11) is 1.58. The first-order valence-corrected chi connectivity index (χ1v) is 9.98. The van der Waals surface area contributed by atoms with Crippen molar-refractivity contribution in [1.82, 2.24) is 10.2 Å². The highest BCUT2D eigenvalue weighted by atomic mass is 16.5. The summed E-state index contributed by atoms with van der Waals surface area (Å²) in [6.45, 7) is 0.782. The number of methoxy groups -OCH3 is 1. The van der Waals surface area contributed by atoms with Crippen molar-refractivity contribution in [2.24, 2.45) is 0 Å². The molecule has 1 N–H and O–H groups in total. The molecule has 29 heavy (non-hydrogen) atoms. The van der Waals surface area contributed by atoms with E-state index < -0.39 is 0 Å². The highest BCUT2D eigenvalue weighted by Gasteiger charge is 2.35. The quantitative estimate of drug-likeness (QED) is 0.605. The number of amides is 3. The van der Waals surface area contributed by atoms with Crippen LogP contribution in [0.15, 0.2) is 42.5 Å². The zero-order valence-electron chi connectivity index (χ0n) is 16.4. The van der Waals surface area contributed by atoms with E-state index in [1.54, 1.807) is 19.2 Å². The Balaban J connectivity index is 1.51. The predicted molar refractivity (Wildman–Crippen MR) is 108 cm³/mol. The van der Waals surface area contributed by atoms with Crippen LogP contribution in [0.25, 0.3) is 0 Å². The molecule has 1 atom stereocenters. The van der Waals surface area contributed by atoms with Crippen LogP contribution in [0.3, 0.4) is 0 Å². The third kappa shape index (κ3) is 3.68. The average molecular weight is 392 g/mol. The van der Waals surface area contributed by atoms with Crippen LogP contribution in [0, 0.1) is 0 Å². The van der Waals surface area contributed by atoms with Gasteiger partial charge in [-0.3, -0.25) is 19.3 Å². The van der Waals surface area contributed by atoms with E-state index in [1.165, 1.54) is 16.5 Å². The standard InChI is InChI=1S/C23H24N2O4/c1-29-13-5-12-25-22(27)18-11-10-16(14-19(18)23(25)28)21(26)24-20-9-4-7-15-6-2-3-8-17(15)20/h2-3,6,8,10-11,14,20H,4-5,7,9,12-13H2,1H3,(H,24,26). The fourth-order valence-corrected chi connectivity index (χ4v) is 4.15. The van der Waals surface area contributed by atoms with Crippen LogP contribution < -0.4 is 5.32 Å². The topological polar surface area (TPSA) is 75.7 Å². The number of hydrogen-bond donors (Lipinski definition) is 1. The van der Waals surface area contributed by atoms with Gasteiger partial charge < -0.3 is 10.1 Å². The number of carbonyl (C=O) groups excluding carboxylic acids is 3. The van der Waals surface area contributed by atoms with Crippen LogP contribution in [0.5, 0.6) is 0 Å². The molecule has 2 aromatic rings. The van der Waals surface area contributed by atoms with Gasteiger partial charge in [-0.2, -0.15) is 0 Å². The normalized spacial score (nSPS) is 17.8. The lowest BCUT2D eigenvalue weighted by Gasteiger charge is -2.26. The molecule has 2 aromatic carbocycles. The third-order valence-corrected chi connectivity index (χ3v) is 5.64. The second-order valence-corrected chi connectivity index (χ2v) is 7.49. The van der Waals surface area contributed by atoms with Crippen LogP contribution in [0.4, 0.5) is 0 Å². The zero-order valence-corrected chi connectivity index (χ0v) is 16.4. The molecule has 0 fully saturated rings. The third-order valence-electron chi connectivity index (χ3n) is 5.64. The summed E-state index contributed by atoms with van der Waals surface area (Å²) in [6, 6.07) is 12.9. The molecule has 6 heteroatoms. The first kappa shape index (κ1) is 19.3. The van der Waals surface area contributed by atoms with Gasteiger partial charge in [0.15, 0.2) is 0 Å². The van der Waals surface area contributed by atoms with Crippen molar-refractivity contribution in [3.8, 4) is 0 Å². The Morgan fingerprint density at radius 3 is 2.76 bits per heavy atom. The Labute approximate surface area is 169 Å². The fraction of sp³-hybridized carbons (Fsp3) is 0.348. The van der Waals surface area contributed by atoms with Crippen molar-refractivity contribution in [2.75, 3.05) is 20.3 Å². The SMILES string of the molecule is COCCCN1C(=O)c2ccc(C(=O)NC3CCCc4ccccc43)cc2C1=O. The zero-order chi connectivity index (χ0) is 20.4. The number of nitrogens with one attached hydrogen (secondary N) is 1. The Morgan fingerprint density at radius 1 is 1.14 bits per heavy atom. The van der Waals surface area contributed by atoms with Gasteiger partial charge in [0.05, 0.1) is 17.2 Å². The van der Waals surface area contributed by atoms with Crippen molar-refractivity contribution in [3.05, 3.63) is 70.3 Å². The summed E-state index contributed by atoms with van der Waals surface area (Å²) in [5, 5.41) is 3.10. The molecule has 4 rings (SSSR count). The molecule has 3 amide bonds. The van der Waals surface area contributed by atoms with Crippen LogP contribution in [0.1, 0.15) is 67.5 Å². The Bertz CT molecular complexity index is 969. The van der Waals surface area contributed by atoms with E-state index in [-0.39, 0.29) is 23.8 Å². The van der Waals surface area contributed by atoms with Crippen molar-refractivity contribution < 1.29 is 19.1 Å². The number of carbonyl (C=O) groups is 3. The molecule has 0 radical (unpaired) electrons. The van der Waals surface area contributed by atoms with Crippen LogP contribution in [-0.4, -0.2) is 42.9 Å². The summed E-state index contributed by atoms with van der Waals surface area (Å²) >= 11 is 0. The maximum atomic E-state index is 12.9. The lowest BCUT2D eigenvalue weighted by Crippen LogP contribution is -2.31. The molecular formula is C23H24N2O4.